The van der Waals surface area contributed by atoms with Gasteiger partial charge >= 0.3 is 0 Å². The first-order valence-electron chi connectivity index (χ1n) is 10.1. The number of aromatic nitrogens is 4. The molecule has 1 amide bonds. The third-order valence-corrected chi connectivity index (χ3v) is 5.23. The average Bonchev–Trinajstić information content (AvgIpc) is 3.44. The minimum Gasteiger partial charge on any atom is -0.324 e. The maximum absolute atomic E-state index is 12.9. The molecule has 0 aliphatic rings. The van der Waals surface area contributed by atoms with Gasteiger partial charge in [0.2, 0.25) is 0 Å². The topological polar surface area (TPSA) is 64.7 Å². The molecule has 1 N–H and O–H groups in total. The maximum atomic E-state index is 12.9. The molecule has 0 saturated carbocycles. The predicted octanol–water partition coefficient (Wildman–Crippen LogP) is 5.08. The Hall–Kier alpha value is -4.19. The van der Waals surface area contributed by atoms with E-state index in [1.165, 1.54) is 0 Å². The van der Waals surface area contributed by atoms with Crippen LogP contribution in [0.5, 0.6) is 0 Å². The number of hydrogen-bond donors (Lipinski definition) is 1. The van der Waals surface area contributed by atoms with Crippen molar-refractivity contribution in [2.75, 3.05) is 5.32 Å². The molecule has 5 rings (SSSR count). The molecular weight excluding hydrogens is 386 g/mol. The fraction of sp³-hybridized carbons (Fsp3) is 0.0800. The summed E-state index contributed by atoms with van der Waals surface area (Å²) in [5.41, 5.74) is 4.36. The lowest BCUT2D eigenvalue weighted by molar-refractivity contribution is 0.102. The number of hydrogen-bond acceptors (Lipinski definition) is 3. The highest BCUT2D eigenvalue weighted by atomic mass is 16.1. The second kappa shape index (κ2) is 7.57. The van der Waals surface area contributed by atoms with Crippen LogP contribution in [0.3, 0.4) is 0 Å². The van der Waals surface area contributed by atoms with Gasteiger partial charge in [-0.1, -0.05) is 18.2 Å². The van der Waals surface area contributed by atoms with Crippen LogP contribution in [0.2, 0.25) is 0 Å². The van der Waals surface area contributed by atoms with Gasteiger partial charge in [0.25, 0.3) is 5.91 Å². The first kappa shape index (κ1) is 18.8. The Balaban J connectivity index is 1.45. The smallest absolute Gasteiger partial charge is 0.256 e. The summed E-state index contributed by atoms with van der Waals surface area (Å²) in [7, 11) is 0. The molecule has 152 valence electrons. The predicted molar refractivity (Wildman–Crippen MR) is 122 cm³/mol. The molecule has 0 fully saturated rings. The van der Waals surface area contributed by atoms with E-state index in [0.29, 0.717) is 17.2 Å². The number of carbonyl (C=O) groups is 1. The van der Waals surface area contributed by atoms with Crippen LogP contribution in [-0.4, -0.2) is 25.2 Å². The van der Waals surface area contributed by atoms with Crippen molar-refractivity contribution in [3.63, 3.8) is 0 Å². The van der Waals surface area contributed by atoms with Gasteiger partial charge in [0.05, 0.1) is 11.2 Å². The lowest BCUT2D eigenvalue weighted by Crippen LogP contribution is -2.15. The van der Waals surface area contributed by atoms with E-state index in [9.17, 15) is 4.79 Å². The van der Waals surface area contributed by atoms with Crippen molar-refractivity contribution in [2.24, 2.45) is 0 Å². The fourth-order valence-electron chi connectivity index (χ4n) is 3.68. The van der Waals surface area contributed by atoms with Crippen molar-refractivity contribution < 1.29 is 4.79 Å². The van der Waals surface area contributed by atoms with Crippen molar-refractivity contribution in [3.8, 4) is 11.5 Å². The van der Waals surface area contributed by atoms with Crippen molar-refractivity contribution >= 4 is 22.6 Å². The number of amides is 1. The average molecular weight is 407 g/mol. The normalized spacial score (nSPS) is 11.0. The number of aryl methyl sites for hydroxylation is 2. The van der Waals surface area contributed by atoms with Gasteiger partial charge < -0.3 is 9.88 Å². The molecule has 0 aliphatic heterocycles. The standard InChI is InChI=1S/C25H21N5O/c1-17-15-23(26-22-8-4-3-7-21(17)22)30-24(16-18(2)28-30)27-25(31)19-9-11-20(12-10-19)29-13-5-6-14-29/h3-16H,1-2H3,(H,27,31). The number of pyridine rings is 1. The van der Waals surface area contributed by atoms with Crippen LogP contribution >= 0.6 is 0 Å². The number of para-hydroxylation sites is 1. The molecule has 6 nitrogen and oxygen atoms in total. The van der Waals surface area contributed by atoms with Gasteiger partial charge in [-0.2, -0.15) is 9.78 Å². The number of anilines is 1. The second-order valence-corrected chi connectivity index (χ2v) is 7.49. The first-order valence-corrected chi connectivity index (χ1v) is 10.1. The quantitative estimate of drug-likeness (QED) is 0.452. The molecule has 0 atom stereocenters. The molecule has 0 unspecified atom stereocenters. The summed E-state index contributed by atoms with van der Waals surface area (Å²) in [5, 5.41) is 8.64. The summed E-state index contributed by atoms with van der Waals surface area (Å²) >= 11 is 0. The number of carbonyl (C=O) groups excluding carboxylic acids is 1. The molecule has 0 spiro atoms. The number of fused-ring (bicyclic) bond motifs is 1. The molecule has 2 aromatic carbocycles. The molecular formula is C25H21N5O. The monoisotopic (exact) mass is 407 g/mol. The third-order valence-electron chi connectivity index (χ3n) is 5.23. The Morgan fingerprint density at radius 2 is 1.65 bits per heavy atom. The lowest BCUT2D eigenvalue weighted by Gasteiger charge is -2.11. The van der Waals surface area contributed by atoms with Gasteiger partial charge in [-0.25, -0.2) is 4.98 Å². The minimum atomic E-state index is -0.197. The minimum absolute atomic E-state index is 0.197. The van der Waals surface area contributed by atoms with Crippen molar-refractivity contribution in [3.05, 3.63) is 102 Å². The molecule has 0 saturated heterocycles. The largest absolute Gasteiger partial charge is 0.324 e. The lowest BCUT2D eigenvalue weighted by atomic mass is 10.1. The van der Waals surface area contributed by atoms with Gasteiger partial charge in [-0.15, -0.1) is 0 Å². The van der Waals surface area contributed by atoms with Crippen molar-refractivity contribution in [1.29, 1.82) is 0 Å². The summed E-state index contributed by atoms with van der Waals surface area (Å²) < 4.78 is 3.68. The Morgan fingerprint density at radius 3 is 2.42 bits per heavy atom. The van der Waals surface area contributed by atoms with Gasteiger partial charge in [0, 0.05) is 35.1 Å². The van der Waals surface area contributed by atoms with E-state index < -0.39 is 0 Å². The van der Waals surface area contributed by atoms with Crippen LogP contribution < -0.4 is 5.32 Å². The number of nitrogens with zero attached hydrogens (tertiary/aromatic N) is 4. The highest BCUT2D eigenvalue weighted by Crippen LogP contribution is 2.23. The van der Waals surface area contributed by atoms with E-state index in [1.54, 1.807) is 4.68 Å². The van der Waals surface area contributed by atoms with Crippen LogP contribution in [0.15, 0.2) is 85.2 Å². The van der Waals surface area contributed by atoms with E-state index in [2.05, 4.69) is 23.4 Å². The third kappa shape index (κ3) is 3.59. The molecule has 6 heteroatoms. The molecule has 0 radical (unpaired) electrons. The Kier molecular flexibility index (Phi) is 4.59. The summed E-state index contributed by atoms with van der Waals surface area (Å²) in [5.74, 6) is 1.06. The van der Waals surface area contributed by atoms with E-state index in [-0.39, 0.29) is 5.91 Å². The number of benzene rings is 2. The van der Waals surface area contributed by atoms with E-state index >= 15 is 0 Å². The van der Waals surface area contributed by atoms with E-state index in [1.807, 2.05) is 90.6 Å². The van der Waals surface area contributed by atoms with E-state index in [4.69, 9.17) is 4.98 Å². The Morgan fingerprint density at radius 1 is 0.903 bits per heavy atom. The van der Waals surface area contributed by atoms with Gasteiger partial charge in [0.1, 0.15) is 5.82 Å². The highest BCUT2D eigenvalue weighted by Gasteiger charge is 2.14. The zero-order valence-electron chi connectivity index (χ0n) is 17.3. The first-order chi connectivity index (χ1) is 15.1. The second-order valence-electron chi connectivity index (χ2n) is 7.49. The molecule has 3 heterocycles. The van der Waals surface area contributed by atoms with Crippen molar-refractivity contribution in [1.82, 2.24) is 19.3 Å². The van der Waals surface area contributed by atoms with Crippen LogP contribution in [0, 0.1) is 13.8 Å². The van der Waals surface area contributed by atoms with Gasteiger partial charge in [-0.3, -0.25) is 4.79 Å². The van der Waals surface area contributed by atoms with Crippen LogP contribution in [0.1, 0.15) is 21.6 Å². The van der Waals surface area contributed by atoms with E-state index in [0.717, 1.165) is 27.8 Å². The Bertz CT molecular complexity index is 1380. The van der Waals surface area contributed by atoms with Crippen LogP contribution in [-0.2, 0) is 0 Å². The summed E-state index contributed by atoms with van der Waals surface area (Å²) in [6.45, 7) is 3.94. The summed E-state index contributed by atoms with van der Waals surface area (Å²) in [6.07, 6.45) is 3.93. The van der Waals surface area contributed by atoms with Gasteiger partial charge in [-0.05, 0) is 67.9 Å². The van der Waals surface area contributed by atoms with Gasteiger partial charge in [0.15, 0.2) is 5.82 Å². The summed E-state index contributed by atoms with van der Waals surface area (Å²) in [6, 6.07) is 23.2. The number of rotatable bonds is 4. The molecule has 5 aromatic rings. The zero-order valence-corrected chi connectivity index (χ0v) is 17.3. The molecule has 31 heavy (non-hydrogen) atoms. The Labute approximate surface area is 179 Å². The fourth-order valence-corrected chi connectivity index (χ4v) is 3.68. The zero-order chi connectivity index (χ0) is 21.4. The van der Waals surface area contributed by atoms with Crippen LogP contribution in [0.25, 0.3) is 22.4 Å². The summed E-state index contributed by atoms with van der Waals surface area (Å²) in [4.78, 5) is 17.7. The number of nitrogens with one attached hydrogen (secondary N) is 1. The maximum Gasteiger partial charge on any atom is 0.256 e. The highest BCUT2D eigenvalue weighted by molar-refractivity contribution is 6.04. The SMILES string of the molecule is Cc1cc(NC(=O)c2ccc(-n3cccc3)cc2)n(-c2cc(C)c3ccccc3n2)n1. The van der Waals surface area contributed by atoms with Crippen LogP contribution in [0.4, 0.5) is 5.82 Å². The molecule has 0 bridgehead atoms. The molecule has 3 aromatic heterocycles. The molecule has 0 aliphatic carbocycles. The van der Waals surface area contributed by atoms with Crippen molar-refractivity contribution in [2.45, 2.75) is 13.8 Å².